The Kier molecular flexibility index (Phi) is 3.92. The van der Waals surface area contributed by atoms with Crippen LogP contribution in [0.5, 0.6) is 0 Å². The number of nitrogens with one attached hydrogen (secondary N) is 1. The topological polar surface area (TPSA) is 55.4 Å². The van der Waals surface area contributed by atoms with Gasteiger partial charge in [0.25, 0.3) is 0 Å². The van der Waals surface area contributed by atoms with Gasteiger partial charge >= 0.3 is 0 Å². The van der Waals surface area contributed by atoms with E-state index < -0.39 is 9.84 Å². The van der Waals surface area contributed by atoms with Gasteiger partial charge in [0, 0.05) is 24.9 Å². The number of hydrogen-bond acceptors (Lipinski definition) is 4. The molecule has 0 aromatic carbocycles. The molecule has 1 fully saturated rings. The fourth-order valence-corrected chi connectivity index (χ4v) is 2.82. The molecule has 5 heteroatoms. The normalized spacial score (nSPS) is 30.5. The lowest BCUT2D eigenvalue weighted by Crippen LogP contribution is -2.43. The SMILES string of the molecule is CC(CS(C)(=O)=O)NC1CCOC1C. The maximum atomic E-state index is 11.0. The third-order valence-electron chi connectivity index (χ3n) is 2.43. The van der Waals surface area contributed by atoms with Gasteiger partial charge < -0.3 is 10.1 Å². The van der Waals surface area contributed by atoms with E-state index in [1.165, 1.54) is 6.26 Å². The summed E-state index contributed by atoms with van der Waals surface area (Å²) < 4.78 is 27.4. The fraction of sp³-hybridized carbons (Fsp3) is 1.00. The van der Waals surface area contributed by atoms with Crippen molar-refractivity contribution in [2.24, 2.45) is 0 Å². The van der Waals surface area contributed by atoms with Gasteiger partial charge in [0.05, 0.1) is 11.9 Å². The van der Waals surface area contributed by atoms with Crippen molar-refractivity contribution in [2.75, 3.05) is 18.6 Å². The molecular weight excluding hydrogens is 202 g/mol. The molecule has 0 aliphatic carbocycles. The molecule has 0 saturated carbocycles. The molecule has 0 aromatic heterocycles. The molecule has 1 saturated heterocycles. The van der Waals surface area contributed by atoms with Crippen LogP contribution in [0.3, 0.4) is 0 Å². The van der Waals surface area contributed by atoms with Gasteiger partial charge in [0.1, 0.15) is 9.84 Å². The molecule has 1 N–H and O–H groups in total. The van der Waals surface area contributed by atoms with Crippen LogP contribution in [0.25, 0.3) is 0 Å². The molecule has 1 heterocycles. The molecule has 0 radical (unpaired) electrons. The summed E-state index contributed by atoms with van der Waals surface area (Å²) in [7, 11) is -2.89. The second-order valence-electron chi connectivity index (χ2n) is 4.13. The first-order valence-corrected chi connectivity index (χ1v) is 7.00. The van der Waals surface area contributed by atoms with Crippen molar-refractivity contribution in [1.29, 1.82) is 0 Å². The largest absolute Gasteiger partial charge is 0.377 e. The molecule has 4 nitrogen and oxygen atoms in total. The van der Waals surface area contributed by atoms with E-state index in [-0.39, 0.29) is 17.9 Å². The standard InChI is InChI=1S/C9H19NO3S/c1-7(6-14(3,11)12)10-9-4-5-13-8(9)2/h7-10H,4-6H2,1-3H3. The van der Waals surface area contributed by atoms with E-state index in [4.69, 9.17) is 4.74 Å². The smallest absolute Gasteiger partial charge is 0.148 e. The van der Waals surface area contributed by atoms with Gasteiger partial charge in [0.15, 0.2) is 0 Å². The van der Waals surface area contributed by atoms with E-state index in [9.17, 15) is 8.42 Å². The summed E-state index contributed by atoms with van der Waals surface area (Å²) in [5, 5.41) is 3.28. The monoisotopic (exact) mass is 221 g/mol. The Hall–Kier alpha value is -0.130. The van der Waals surface area contributed by atoms with Crippen LogP contribution in [0, 0.1) is 0 Å². The van der Waals surface area contributed by atoms with Crippen molar-refractivity contribution in [1.82, 2.24) is 5.32 Å². The molecule has 3 unspecified atom stereocenters. The Balaban J connectivity index is 2.37. The zero-order valence-electron chi connectivity index (χ0n) is 8.99. The molecule has 0 amide bonds. The van der Waals surface area contributed by atoms with Gasteiger partial charge in [-0.05, 0) is 20.3 Å². The van der Waals surface area contributed by atoms with Crippen molar-refractivity contribution in [3.63, 3.8) is 0 Å². The van der Waals surface area contributed by atoms with Gasteiger partial charge in [-0.2, -0.15) is 0 Å². The fourth-order valence-electron chi connectivity index (χ4n) is 1.82. The summed E-state index contributed by atoms with van der Waals surface area (Å²) in [6.07, 6.45) is 2.42. The second-order valence-corrected chi connectivity index (χ2v) is 6.32. The highest BCUT2D eigenvalue weighted by atomic mass is 32.2. The van der Waals surface area contributed by atoms with Crippen LogP contribution < -0.4 is 5.32 Å². The Bertz CT molecular complexity index is 276. The maximum absolute atomic E-state index is 11.0. The predicted molar refractivity (Wildman–Crippen MR) is 56.1 cm³/mol. The highest BCUT2D eigenvalue weighted by Crippen LogP contribution is 2.13. The lowest BCUT2D eigenvalue weighted by atomic mass is 10.1. The van der Waals surface area contributed by atoms with Crippen LogP contribution in [-0.4, -0.2) is 45.2 Å². The first-order chi connectivity index (χ1) is 6.38. The molecule has 1 rings (SSSR count). The lowest BCUT2D eigenvalue weighted by Gasteiger charge is -2.20. The van der Waals surface area contributed by atoms with Gasteiger partial charge in [-0.1, -0.05) is 0 Å². The molecule has 1 aliphatic rings. The van der Waals surface area contributed by atoms with Gasteiger partial charge in [-0.15, -0.1) is 0 Å². The predicted octanol–water partition coefficient (Wildman–Crippen LogP) is 0.187. The first-order valence-electron chi connectivity index (χ1n) is 4.94. The molecule has 0 bridgehead atoms. The average Bonchev–Trinajstić information content (AvgIpc) is 2.32. The molecule has 3 atom stereocenters. The molecule has 1 aliphatic heterocycles. The molecule has 84 valence electrons. The summed E-state index contributed by atoms with van der Waals surface area (Å²) >= 11 is 0. The maximum Gasteiger partial charge on any atom is 0.148 e. The summed E-state index contributed by atoms with van der Waals surface area (Å²) in [6, 6.07) is 0.297. The summed E-state index contributed by atoms with van der Waals surface area (Å²) in [5.74, 6) is 0.191. The van der Waals surface area contributed by atoms with Crippen molar-refractivity contribution >= 4 is 9.84 Å². The van der Waals surface area contributed by atoms with E-state index in [2.05, 4.69) is 5.32 Å². The Morgan fingerprint density at radius 3 is 2.64 bits per heavy atom. The highest BCUT2D eigenvalue weighted by Gasteiger charge is 2.25. The van der Waals surface area contributed by atoms with Gasteiger partial charge in [-0.25, -0.2) is 8.42 Å². The molecule has 14 heavy (non-hydrogen) atoms. The van der Waals surface area contributed by atoms with Crippen LogP contribution in [-0.2, 0) is 14.6 Å². The van der Waals surface area contributed by atoms with Crippen LogP contribution >= 0.6 is 0 Å². The third kappa shape index (κ3) is 3.94. The van der Waals surface area contributed by atoms with Gasteiger partial charge in [0.2, 0.25) is 0 Å². The van der Waals surface area contributed by atoms with Crippen LogP contribution in [0.4, 0.5) is 0 Å². The number of ether oxygens (including phenoxy) is 1. The lowest BCUT2D eigenvalue weighted by molar-refractivity contribution is 0.112. The van der Waals surface area contributed by atoms with Crippen molar-refractivity contribution in [2.45, 2.75) is 38.5 Å². The van der Waals surface area contributed by atoms with E-state index in [1.807, 2.05) is 13.8 Å². The average molecular weight is 221 g/mol. The minimum atomic E-state index is -2.89. The number of sulfone groups is 1. The minimum Gasteiger partial charge on any atom is -0.377 e. The van der Waals surface area contributed by atoms with Crippen LogP contribution in [0.15, 0.2) is 0 Å². The zero-order valence-corrected chi connectivity index (χ0v) is 9.80. The summed E-state index contributed by atoms with van der Waals surface area (Å²) in [4.78, 5) is 0. The van der Waals surface area contributed by atoms with Crippen LogP contribution in [0.1, 0.15) is 20.3 Å². The molecule has 0 aromatic rings. The quantitative estimate of drug-likeness (QED) is 0.736. The van der Waals surface area contributed by atoms with E-state index in [1.54, 1.807) is 0 Å². The van der Waals surface area contributed by atoms with Crippen molar-refractivity contribution < 1.29 is 13.2 Å². The number of hydrogen-bond donors (Lipinski definition) is 1. The van der Waals surface area contributed by atoms with E-state index >= 15 is 0 Å². The van der Waals surface area contributed by atoms with Crippen molar-refractivity contribution in [3.8, 4) is 0 Å². The first kappa shape index (κ1) is 11.9. The van der Waals surface area contributed by atoms with Crippen LogP contribution in [0.2, 0.25) is 0 Å². The number of rotatable bonds is 4. The third-order valence-corrected chi connectivity index (χ3v) is 3.53. The molecular formula is C9H19NO3S. The Morgan fingerprint density at radius 2 is 2.21 bits per heavy atom. The second kappa shape index (κ2) is 4.59. The Morgan fingerprint density at radius 1 is 1.57 bits per heavy atom. The minimum absolute atomic E-state index is 0.000787. The Labute approximate surface area is 85.9 Å². The highest BCUT2D eigenvalue weighted by molar-refractivity contribution is 7.90. The molecule has 0 spiro atoms. The zero-order chi connectivity index (χ0) is 10.8. The van der Waals surface area contributed by atoms with Gasteiger partial charge in [-0.3, -0.25) is 0 Å². The van der Waals surface area contributed by atoms with E-state index in [0.29, 0.717) is 6.04 Å². The summed E-state index contributed by atoms with van der Waals surface area (Å²) in [6.45, 7) is 4.67. The summed E-state index contributed by atoms with van der Waals surface area (Å²) in [5.41, 5.74) is 0. The van der Waals surface area contributed by atoms with Crippen molar-refractivity contribution in [3.05, 3.63) is 0 Å². The van der Waals surface area contributed by atoms with E-state index in [0.717, 1.165) is 13.0 Å².